The Kier molecular flexibility index (Phi) is 2.45. The maximum absolute atomic E-state index is 8.41. The van der Waals surface area contributed by atoms with Crippen LogP contribution in [-0.4, -0.2) is 29.2 Å². The standard InChI is InChI=1S/C8H17N3O/c1-3-8(4-2)5-11(6-8)7(9)10-12/h12H,3-6H2,1-2H3,(H2,9,10). The lowest BCUT2D eigenvalue weighted by molar-refractivity contribution is 0.0464. The molecule has 1 aliphatic rings. The number of nitrogens with two attached hydrogens (primary N) is 1. The van der Waals surface area contributed by atoms with Crippen LogP contribution in [0.5, 0.6) is 0 Å². The maximum atomic E-state index is 8.41. The predicted molar refractivity (Wildman–Crippen MR) is 48.0 cm³/mol. The van der Waals surface area contributed by atoms with Crippen LogP contribution in [0.4, 0.5) is 0 Å². The van der Waals surface area contributed by atoms with Crippen LogP contribution in [0.1, 0.15) is 26.7 Å². The third-order valence-electron chi connectivity index (χ3n) is 2.98. The van der Waals surface area contributed by atoms with Gasteiger partial charge in [-0.1, -0.05) is 19.0 Å². The molecule has 0 aromatic rings. The quantitative estimate of drug-likeness (QED) is 0.280. The fourth-order valence-corrected chi connectivity index (χ4v) is 1.69. The number of hydrogen-bond acceptors (Lipinski definition) is 2. The molecule has 1 aliphatic heterocycles. The Morgan fingerprint density at radius 1 is 1.50 bits per heavy atom. The van der Waals surface area contributed by atoms with Crippen molar-refractivity contribution < 1.29 is 5.21 Å². The van der Waals surface area contributed by atoms with E-state index in [9.17, 15) is 0 Å². The highest BCUT2D eigenvalue weighted by atomic mass is 16.4. The minimum Gasteiger partial charge on any atom is -0.408 e. The highest BCUT2D eigenvalue weighted by molar-refractivity contribution is 5.78. The van der Waals surface area contributed by atoms with E-state index in [1.54, 1.807) is 0 Å². The molecule has 0 atom stereocenters. The number of guanidine groups is 1. The average molecular weight is 171 g/mol. The monoisotopic (exact) mass is 171 g/mol. The number of nitrogens with zero attached hydrogens (tertiary/aromatic N) is 2. The van der Waals surface area contributed by atoms with Crippen LogP contribution in [0.25, 0.3) is 0 Å². The normalized spacial score (nSPS) is 22.2. The Morgan fingerprint density at radius 2 is 2.00 bits per heavy atom. The van der Waals surface area contributed by atoms with Gasteiger partial charge in [0.05, 0.1) is 0 Å². The van der Waals surface area contributed by atoms with Gasteiger partial charge in [-0.2, -0.15) is 0 Å². The molecule has 0 bridgehead atoms. The second-order valence-electron chi connectivity index (χ2n) is 3.52. The lowest BCUT2D eigenvalue weighted by atomic mass is 9.75. The van der Waals surface area contributed by atoms with Crippen molar-refractivity contribution in [3.05, 3.63) is 0 Å². The zero-order chi connectivity index (χ0) is 9.19. The zero-order valence-electron chi connectivity index (χ0n) is 7.75. The second-order valence-corrected chi connectivity index (χ2v) is 3.52. The summed E-state index contributed by atoms with van der Waals surface area (Å²) in [5, 5.41) is 11.4. The smallest absolute Gasteiger partial charge is 0.233 e. The van der Waals surface area contributed by atoms with E-state index >= 15 is 0 Å². The average Bonchev–Trinajstić information content (AvgIpc) is 2.04. The summed E-state index contributed by atoms with van der Waals surface area (Å²) in [4.78, 5) is 1.90. The van der Waals surface area contributed by atoms with Crippen LogP contribution in [0.3, 0.4) is 0 Å². The molecule has 0 amide bonds. The van der Waals surface area contributed by atoms with Crippen LogP contribution < -0.4 is 5.73 Å². The Bertz CT molecular complexity index is 179. The van der Waals surface area contributed by atoms with Gasteiger partial charge < -0.3 is 15.8 Å². The van der Waals surface area contributed by atoms with Crippen LogP contribution >= 0.6 is 0 Å². The van der Waals surface area contributed by atoms with Crippen molar-refractivity contribution in [1.82, 2.24) is 4.90 Å². The lowest BCUT2D eigenvalue weighted by Crippen LogP contribution is -2.59. The summed E-state index contributed by atoms with van der Waals surface area (Å²) in [5.41, 5.74) is 5.85. The molecule has 1 fully saturated rings. The summed E-state index contributed by atoms with van der Waals surface area (Å²) in [6.45, 7) is 6.23. The lowest BCUT2D eigenvalue weighted by Gasteiger charge is -2.49. The van der Waals surface area contributed by atoms with Gasteiger partial charge >= 0.3 is 0 Å². The maximum Gasteiger partial charge on any atom is 0.233 e. The van der Waals surface area contributed by atoms with Crippen LogP contribution in [0.15, 0.2) is 5.16 Å². The first-order valence-electron chi connectivity index (χ1n) is 4.40. The SMILES string of the molecule is CCC1(CC)CN(/C(N)=N/O)C1. The molecular formula is C8H17N3O. The van der Waals surface area contributed by atoms with E-state index in [2.05, 4.69) is 19.0 Å². The largest absolute Gasteiger partial charge is 0.408 e. The van der Waals surface area contributed by atoms with Crippen molar-refractivity contribution in [2.75, 3.05) is 13.1 Å². The summed E-state index contributed by atoms with van der Waals surface area (Å²) in [7, 11) is 0. The van der Waals surface area contributed by atoms with Crippen molar-refractivity contribution in [2.45, 2.75) is 26.7 Å². The summed E-state index contributed by atoms with van der Waals surface area (Å²) in [6, 6.07) is 0. The Hall–Kier alpha value is -0.930. The van der Waals surface area contributed by atoms with Gasteiger partial charge in [-0.15, -0.1) is 0 Å². The molecule has 70 valence electrons. The first-order valence-corrected chi connectivity index (χ1v) is 4.40. The molecule has 0 aromatic heterocycles. The number of rotatable bonds is 2. The van der Waals surface area contributed by atoms with Gasteiger partial charge in [0, 0.05) is 18.5 Å². The molecule has 1 rings (SSSR count). The Morgan fingerprint density at radius 3 is 2.33 bits per heavy atom. The predicted octanol–water partition coefficient (Wildman–Crippen LogP) is 0.812. The molecule has 0 spiro atoms. The summed E-state index contributed by atoms with van der Waals surface area (Å²) in [6.07, 6.45) is 2.33. The first kappa shape index (κ1) is 9.16. The summed E-state index contributed by atoms with van der Waals surface area (Å²) in [5.74, 6) is 0.243. The van der Waals surface area contributed by atoms with E-state index in [4.69, 9.17) is 10.9 Å². The minimum absolute atomic E-state index is 0.243. The third-order valence-corrected chi connectivity index (χ3v) is 2.98. The Balaban J connectivity index is 2.45. The van der Waals surface area contributed by atoms with Gasteiger partial charge in [0.1, 0.15) is 0 Å². The molecule has 1 saturated heterocycles. The number of hydrogen-bond donors (Lipinski definition) is 2. The fraction of sp³-hybridized carbons (Fsp3) is 0.875. The van der Waals surface area contributed by atoms with Crippen LogP contribution in [-0.2, 0) is 0 Å². The molecule has 4 heteroatoms. The van der Waals surface area contributed by atoms with E-state index in [-0.39, 0.29) is 5.96 Å². The molecule has 12 heavy (non-hydrogen) atoms. The van der Waals surface area contributed by atoms with Crippen molar-refractivity contribution >= 4 is 5.96 Å². The molecule has 0 aliphatic carbocycles. The van der Waals surface area contributed by atoms with Gasteiger partial charge in [0.25, 0.3) is 0 Å². The van der Waals surface area contributed by atoms with Gasteiger partial charge in [-0.25, -0.2) is 0 Å². The molecule has 0 radical (unpaired) electrons. The second kappa shape index (κ2) is 3.21. The summed E-state index contributed by atoms with van der Waals surface area (Å²) >= 11 is 0. The van der Waals surface area contributed by atoms with E-state index in [0.717, 1.165) is 13.1 Å². The highest BCUT2D eigenvalue weighted by Gasteiger charge is 2.40. The molecule has 0 unspecified atom stereocenters. The first-order chi connectivity index (χ1) is 5.67. The highest BCUT2D eigenvalue weighted by Crippen LogP contribution is 2.36. The van der Waals surface area contributed by atoms with Crippen molar-refractivity contribution in [2.24, 2.45) is 16.3 Å². The Labute approximate surface area is 73.0 Å². The number of likely N-dealkylation sites (tertiary alicyclic amines) is 1. The van der Waals surface area contributed by atoms with Gasteiger partial charge in [0.15, 0.2) is 0 Å². The third kappa shape index (κ3) is 1.33. The van der Waals surface area contributed by atoms with Crippen LogP contribution in [0, 0.1) is 5.41 Å². The summed E-state index contributed by atoms with van der Waals surface area (Å²) < 4.78 is 0. The molecule has 4 nitrogen and oxygen atoms in total. The van der Waals surface area contributed by atoms with Gasteiger partial charge in [0.2, 0.25) is 5.96 Å². The topological polar surface area (TPSA) is 61.8 Å². The van der Waals surface area contributed by atoms with Gasteiger partial charge in [-0.05, 0) is 12.8 Å². The van der Waals surface area contributed by atoms with E-state index < -0.39 is 0 Å². The van der Waals surface area contributed by atoms with E-state index in [1.165, 1.54) is 12.8 Å². The van der Waals surface area contributed by atoms with Crippen LogP contribution in [0.2, 0.25) is 0 Å². The van der Waals surface area contributed by atoms with E-state index in [0.29, 0.717) is 5.41 Å². The number of oxime groups is 1. The van der Waals surface area contributed by atoms with Gasteiger partial charge in [-0.3, -0.25) is 0 Å². The zero-order valence-corrected chi connectivity index (χ0v) is 7.75. The van der Waals surface area contributed by atoms with Crippen molar-refractivity contribution in [3.8, 4) is 0 Å². The fourth-order valence-electron chi connectivity index (χ4n) is 1.69. The van der Waals surface area contributed by atoms with Crippen molar-refractivity contribution in [3.63, 3.8) is 0 Å². The molecule has 0 saturated carbocycles. The van der Waals surface area contributed by atoms with Crippen molar-refractivity contribution in [1.29, 1.82) is 0 Å². The van der Waals surface area contributed by atoms with E-state index in [1.807, 2.05) is 4.90 Å². The minimum atomic E-state index is 0.243. The molecule has 1 heterocycles. The molecule has 0 aromatic carbocycles. The molecule has 3 N–H and O–H groups in total. The molecular weight excluding hydrogens is 154 g/mol.